The molecule has 0 fully saturated rings. The molecule has 0 radical (unpaired) electrons. The van der Waals surface area contributed by atoms with Gasteiger partial charge in [-0.05, 0) is 44.2 Å². The summed E-state index contributed by atoms with van der Waals surface area (Å²) in [6.07, 6.45) is 1.63. The van der Waals surface area contributed by atoms with Gasteiger partial charge in [-0.3, -0.25) is 0 Å². The van der Waals surface area contributed by atoms with Gasteiger partial charge >= 0.3 is 5.97 Å². The first-order chi connectivity index (χ1) is 13.6. The molecule has 1 aromatic carbocycles. The largest absolute Gasteiger partial charge is 0.467 e. The summed E-state index contributed by atoms with van der Waals surface area (Å²) in [6.45, 7) is 4.30. The molecule has 0 spiro atoms. The van der Waals surface area contributed by atoms with Crippen LogP contribution in [0.4, 0.5) is 0 Å². The Morgan fingerprint density at radius 1 is 1.11 bits per heavy atom. The first-order valence-electron chi connectivity index (χ1n) is 8.86. The maximum Gasteiger partial charge on any atom is 0.340 e. The van der Waals surface area contributed by atoms with Gasteiger partial charge in [-0.25, -0.2) is 4.79 Å². The zero-order valence-corrected chi connectivity index (χ0v) is 15.6. The van der Waals surface area contributed by atoms with Crippen molar-refractivity contribution in [2.75, 3.05) is 0 Å². The summed E-state index contributed by atoms with van der Waals surface area (Å²) in [5, 5.41) is 7.93. The minimum Gasteiger partial charge on any atom is -0.467 e. The van der Waals surface area contributed by atoms with Crippen molar-refractivity contribution < 1.29 is 18.4 Å². The predicted octanol–water partition coefficient (Wildman–Crippen LogP) is 4.15. The molecule has 0 N–H and O–H groups in total. The highest BCUT2D eigenvalue weighted by Gasteiger charge is 2.19. The number of hydrogen-bond donors (Lipinski definition) is 0. The van der Waals surface area contributed by atoms with Crippen molar-refractivity contribution in [3.8, 4) is 11.5 Å². The van der Waals surface area contributed by atoms with Crippen molar-refractivity contribution in [2.24, 2.45) is 0 Å². The van der Waals surface area contributed by atoms with E-state index in [1.54, 1.807) is 6.26 Å². The highest BCUT2D eigenvalue weighted by molar-refractivity contribution is 5.91. The lowest BCUT2D eigenvalue weighted by Crippen LogP contribution is -2.08. The lowest BCUT2D eigenvalue weighted by atomic mass is 10.2. The average Bonchev–Trinajstić information content (AvgIpc) is 3.45. The van der Waals surface area contributed by atoms with E-state index < -0.39 is 5.97 Å². The Bertz CT molecular complexity index is 1080. The Balaban J connectivity index is 1.44. The van der Waals surface area contributed by atoms with Crippen LogP contribution in [0.5, 0.6) is 0 Å². The standard InChI is InChI=1S/C21H19N3O4/c1-14-11-18(15(2)24(14)12-17-9-6-10-26-17)21(25)27-13-19-22-23-20(28-19)16-7-4-3-5-8-16/h3-11H,12-13H2,1-2H3. The average molecular weight is 377 g/mol. The van der Waals surface area contributed by atoms with Crippen LogP contribution >= 0.6 is 0 Å². The molecule has 0 amide bonds. The lowest BCUT2D eigenvalue weighted by Gasteiger charge is -2.07. The third kappa shape index (κ3) is 3.59. The molecule has 0 atom stereocenters. The van der Waals surface area contributed by atoms with Crippen LogP contribution < -0.4 is 0 Å². The second-order valence-electron chi connectivity index (χ2n) is 6.39. The number of carbonyl (C=O) groups excluding carboxylic acids is 1. The number of nitrogens with zero attached hydrogens (tertiary/aromatic N) is 3. The van der Waals surface area contributed by atoms with Gasteiger partial charge in [-0.15, -0.1) is 10.2 Å². The third-order valence-corrected chi connectivity index (χ3v) is 4.50. The van der Waals surface area contributed by atoms with Crippen molar-refractivity contribution in [2.45, 2.75) is 27.0 Å². The number of ether oxygens (including phenoxy) is 1. The molecule has 0 aliphatic carbocycles. The summed E-state index contributed by atoms with van der Waals surface area (Å²) in [7, 11) is 0. The van der Waals surface area contributed by atoms with Crippen LogP contribution in [0, 0.1) is 13.8 Å². The monoisotopic (exact) mass is 377 g/mol. The summed E-state index contributed by atoms with van der Waals surface area (Å²) in [5.74, 6) is 1.03. The molecule has 0 aliphatic heterocycles. The SMILES string of the molecule is Cc1cc(C(=O)OCc2nnc(-c3ccccc3)o2)c(C)n1Cc1ccco1. The fourth-order valence-corrected chi connectivity index (χ4v) is 3.02. The van der Waals surface area contributed by atoms with Crippen molar-refractivity contribution in [1.29, 1.82) is 0 Å². The van der Waals surface area contributed by atoms with Gasteiger partial charge in [0.2, 0.25) is 5.89 Å². The minimum absolute atomic E-state index is 0.0828. The van der Waals surface area contributed by atoms with Crippen LogP contribution in [0.1, 0.15) is 33.4 Å². The van der Waals surface area contributed by atoms with Crippen molar-refractivity contribution in [3.63, 3.8) is 0 Å². The number of rotatable bonds is 6. The topological polar surface area (TPSA) is 83.3 Å². The Morgan fingerprint density at radius 3 is 2.68 bits per heavy atom. The zero-order chi connectivity index (χ0) is 19.5. The van der Waals surface area contributed by atoms with E-state index in [0.717, 1.165) is 22.7 Å². The fraction of sp³-hybridized carbons (Fsp3) is 0.190. The smallest absolute Gasteiger partial charge is 0.340 e. The van der Waals surface area contributed by atoms with Crippen LogP contribution in [0.3, 0.4) is 0 Å². The summed E-state index contributed by atoms with van der Waals surface area (Å²) in [4.78, 5) is 12.5. The summed E-state index contributed by atoms with van der Waals surface area (Å²) in [5.41, 5.74) is 3.08. The molecule has 0 aliphatic rings. The zero-order valence-electron chi connectivity index (χ0n) is 15.6. The summed E-state index contributed by atoms with van der Waals surface area (Å²) >= 11 is 0. The number of aryl methyl sites for hydroxylation is 1. The second-order valence-corrected chi connectivity index (χ2v) is 6.39. The van der Waals surface area contributed by atoms with Crippen molar-refractivity contribution >= 4 is 5.97 Å². The molecule has 7 nitrogen and oxygen atoms in total. The Kier molecular flexibility index (Phi) is 4.80. The van der Waals surface area contributed by atoms with Gasteiger partial charge in [-0.1, -0.05) is 18.2 Å². The van der Waals surface area contributed by atoms with E-state index in [0.29, 0.717) is 18.0 Å². The van der Waals surface area contributed by atoms with Crippen molar-refractivity contribution in [1.82, 2.24) is 14.8 Å². The molecule has 28 heavy (non-hydrogen) atoms. The highest BCUT2D eigenvalue weighted by atomic mass is 16.5. The molecule has 4 rings (SSSR count). The van der Waals surface area contributed by atoms with Crippen LogP contribution in [-0.2, 0) is 17.9 Å². The van der Waals surface area contributed by atoms with Gasteiger partial charge < -0.3 is 18.1 Å². The van der Waals surface area contributed by atoms with Gasteiger partial charge in [-0.2, -0.15) is 0 Å². The van der Waals surface area contributed by atoms with Gasteiger partial charge in [0.25, 0.3) is 5.89 Å². The molecule has 4 aromatic rings. The summed E-state index contributed by atoms with van der Waals surface area (Å²) < 4.78 is 18.4. The third-order valence-electron chi connectivity index (χ3n) is 4.50. The fourth-order valence-electron chi connectivity index (χ4n) is 3.02. The first kappa shape index (κ1) is 17.8. The lowest BCUT2D eigenvalue weighted by molar-refractivity contribution is 0.0437. The summed E-state index contributed by atoms with van der Waals surface area (Å²) in [6, 6.07) is 15.0. The molecule has 7 heteroatoms. The highest BCUT2D eigenvalue weighted by Crippen LogP contribution is 2.20. The Morgan fingerprint density at radius 2 is 1.93 bits per heavy atom. The molecule has 0 saturated carbocycles. The predicted molar refractivity (Wildman–Crippen MR) is 101 cm³/mol. The molecular formula is C21H19N3O4. The number of furan rings is 1. The number of carbonyl (C=O) groups is 1. The molecule has 3 heterocycles. The van der Waals surface area contributed by atoms with Crippen LogP contribution in [0.15, 0.2) is 63.6 Å². The maximum atomic E-state index is 12.5. The van der Waals surface area contributed by atoms with Gasteiger partial charge in [0.1, 0.15) is 5.76 Å². The molecule has 0 bridgehead atoms. The van der Waals surface area contributed by atoms with E-state index >= 15 is 0 Å². The minimum atomic E-state index is -0.432. The molecule has 142 valence electrons. The van der Waals surface area contributed by atoms with Crippen molar-refractivity contribution in [3.05, 3.63) is 83.4 Å². The van der Waals surface area contributed by atoms with Gasteiger partial charge in [0, 0.05) is 17.0 Å². The number of aromatic nitrogens is 3. The number of esters is 1. The van der Waals surface area contributed by atoms with E-state index in [9.17, 15) is 4.79 Å². The van der Waals surface area contributed by atoms with Crippen LogP contribution in [0.2, 0.25) is 0 Å². The molecular weight excluding hydrogens is 358 g/mol. The normalized spacial score (nSPS) is 10.9. The van der Waals surface area contributed by atoms with Gasteiger partial charge in [0.05, 0.1) is 18.4 Å². The molecule has 3 aromatic heterocycles. The van der Waals surface area contributed by atoms with Crippen LogP contribution in [0.25, 0.3) is 11.5 Å². The van der Waals surface area contributed by atoms with Crippen LogP contribution in [-0.4, -0.2) is 20.7 Å². The number of hydrogen-bond acceptors (Lipinski definition) is 6. The van der Waals surface area contributed by atoms with E-state index in [1.165, 1.54) is 0 Å². The second kappa shape index (κ2) is 7.56. The Labute approximate surface area is 161 Å². The van der Waals surface area contributed by atoms with E-state index in [1.807, 2.05) is 66.9 Å². The molecule has 0 unspecified atom stereocenters. The number of benzene rings is 1. The van der Waals surface area contributed by atoms with Gasteiger partial charge in [0.15, 0.2) is 6.61 Å². The maximum absolute atomic E-state index is 12.5. The Hall–Kier alpha value is -3.61. The first-order valence-corrected chi connectivity index (χ1v) is 8.86. The van der Waals surface area contributed by atoms with E-state index in [4.69, 9.17) is 13.6 Å². The molecule has 0 saturated heterocycles. The van der Waals surface area contributed by atoms with E-state index in [-0.39, 0.29) is 12.5 Å². The van der Waals surface area contributed by atoms with E-state index in [2.05, 4.69) is 10.2 Å². The quantitative estimate of drug-likeness (QED) is 0.469.